The highest BCUT2D eigenvalue weighted by Crippen LogP contribution is 2.33. The van der Waals surface area contributed by atoms with Gasteiger partial charge in [0.25, 0.3) is 5.91 Å². The first kappa shape index (κ1) is 23.2. The number of aromatic nitrogens is 4. The number of pyridine rings is 3. The van der Waals surface area contributed by atoms with Crippen LogP contribution in [0, 0.1) is 0 Å². The van der Waals surface area contributed by atoms with Crippen LogP contribution in [0.2, 0.25) is 0 Å². The number of amides is 1. The number of hydrogen-bond donors (Lipinski definition) is 1. The fourth-order valence-corrected chi connectivity index (χ4v) is 4.37. The first-order chi connectivity index (χ1) is 17.4. The van der Waals surface area contributed by atoms with E-state index in [0.717, 1.165) is 44.4 Å². The van der Waals surface area contributed by atoms with Gasteiger partial charge in [0.2, 0.25) is 0 Å². The van der Waals surface area contributed by atoms with Gasteiger partial charge in [-0.3, -0.25) is 9.78 Å². The van der Waals surface area contributed by atoms with E-state index in [2.05, 4.69) is 46.2 Å². The second kappa shape index (κ2) is 9.22. The van der Waals surface area contributed by atoms with Crippen LogP contribution in [0.5, 0.6) is 0 Å². The van der Waals surface area contributed by atoms with Crippen LogP contribution in [0.1, 0.15) is 46.4 Å². The summed E-state index contributed by atoms with van der Waals surface area (Å²) in [6.07, 6.45) is 5.17. The van der Waals surface area contributed by atoms with Crippen LogP contribution in [0.4, 0.5) is 0 Å². The van der Waals surface area contributed by atoms with E-state index >= 15 is 0 Å². The lowest BCUT2D eigenvalue weighted by Crippen LogP contribution is -2.18. The second-order valence-electron chi connectivity index (χ2n) is 8.77. The van der Waals surface area contributed by atoms with Gasteiger partial charge in [-0.05, 0) is 52.8 Å². The number of rotatable bonds is 5. The Hall–Kier alpha value is -4.59. The van der Waals surface area contributed by atoms with E-state index < -0.39 is 5.97 Å². The molecule has 5 rings (SSSR count). The standard InChI is InChI=1S/C28H25N5O3/c1-16(2)24-11-19(12-25-26(27(34)29-3)32-15-33(24)25)20-7-5-6-17-10-23(31-14-21(17)20)18-8-9-22(30-13-18)28(35)36-4/h5-16H,1-4H3,(H,29,34). The molecular formula is C28H25N5O3. The molecule has 0 saturated heterocycles. The van der Waals surface area contributed by atoms with E-state index in [4.69, 9.17) is 4.74 Å². The Morgan fingerprint density at radius 1 is 0.972 bits per heavy atom. The van der Waals surface area contributed by atoms with Gasteiger partial charge in [-0.25, -0.2) is 14.8 Å². The molecule has 8 nitrogen and oxygen atoms in total. The highest BCUT2D eigenvalue weighted by atomic mass is 16.5. The predicted octanol–water partition coefficient (Wildman–Crippen LogP) is 4.88. The molecule has 0 radical (unpaired) electrons. The number of imidazole rings is 1. The molecule has 0 atom stereocenters. The molecule has 0 aliphatic rings. The number of carbonyl (C=O) groups is 2. The number of nitrogens with one attached hydrogen (secondary N) is 1. The number of benzene rings is 1. The smallest absolute Gasteiger partial charge is 0.356 e. The molecule has 1 amide bonds. The van der Waals surface area contributed by atoms with Gasteiger partial charge < -0.3 is 14.5 Å². The van der Waals surface area contributed by atoms with Crippen molar-refractivity contribution in [2.45, 2.75) is 19.8 Å². The Morgan fingerprint density at radius 3 is 2.50 bits per heavy atom. The van der Waals surface area contributed by atoms with E-state index in [0.29, 0.717) is 5.69 Å². The zero-order chi connectivity index (χ0) is 25.4. The molecule has 4 aromatic heterocycles. The summed E-state index contributed by atoms with van der Waals surface area (Å²) >= 11 is 0. The normalized spacial score (nSPS) is 11.2. The highest BCUT2D eigenvalue weighted by Gasteiger charge is 2.18. The Balaban J connectivity index is 1.63. The summed E-state index contributed by atoms with van der Waals surface area (Å²) < 4.78 is 6.70. The summed E-state index contributed by atoms with van der Waals surface area (Å²) in [7, 11) is 2.93. The fourth-order valence-electron chi connectivity index (χ4n) is 4.37. The topological polar surface area (TPSA) is 98.5 Å². The van der Waals surface area contributed by atoms with Gasteiger partial charge in [0, 0.05) is 36.1 Å². The molecule has 0 aliphatic carbocycles. The van der Waals surface area contributed by atoms with Crippen molar-refractivity contribution in [1.82, 2.24) is 24.7 Å². The number of ether oxygens (including phenoxy) is 1. The molecule has 5 aromatic rings. The van der Waals surface area contributed by atoms with Crippen LogP contribution in [-0.2, 0) is 4.74 Å². The van der Waals surface area contributed by atoms with E-state index in [-0.39, 0.29) is 17.5 Å². The molecule has 4 heterocycles. The van der Waals surface area contributed by atoms with E-state index in [1.54, 1.807) is 31.7 Å². The number of methoxy groups -OCH3 is 1. The minimum absolute atomic E-state index is 0.222. The number of fused-ring (bicyclic) bond motifs is 2. The zero-order valence-corrected chi connectivity index (χ0v) is 20.4. The molecule has 1 N–H and O–H groups in total. The third kappa shape index (κ3) is 3.96. The number of esters is 1. The Kier molecular flexibility index (Phi) is 5.93. The van der Waals surface area contributed by atoms with Crippen molar-refractivity contribution < 1.29 is 14.3 Å². The molecule has 36 heavy (non-hydrogen) atoms. The quantitative estimate of drug-likeness (QED) is 0.361. The first-order valence-corrected chi connectivity index (χ1v) is 11.6. The Morgan fingerprint density at radius 2 is 1.81 bits per heavy atom. The maximum atomic E-state index is 12.4. The van der Waals surface area contributed by atoms with Gasteiger partial charge in [-0.2, -0.15) is 0 Å². The third-order valence-corrected chi connectivity index (χ3v) is 6.24. The van der Waals surface area contributed by atoms with Crippen molar-refractivity contribution in [2.24, 2.45) is 0 Å². The number of nitrogens with zero attached hydrogens (tertiary/aromatic N) is 4. The summed E-state index contributed by atoms with van der Waals surface area (Å²) in [5.74, 6) is -0.479. The average molecular weight is 480 g/mol. The molecule has 0 aliphatic heterocycles. The van der Waals surface area contributed by atoms with E-state index in [9.17, 15) is 9.59 Å². The lowest BCUT2D eigenvalue weighted by atomic mass is 9.96. The van der Waals surface area contributed by atoms with Crippen molar-refractivity contribution in [2.75, 3.05) is 14.2 Å². The molecule has 0 unspecified atom stereocenters. The molecule has 0 spiro atoms. The second-order valence-corrected chi connectivity index (χ2v) is 8.77. The minimum Gasteiger partial charge on any atom is -0.464 e. The van der Waals surface area contributed by atoms with Crippen molar-refractivity contribution in [1.29, 1.82) is 0 Å². The SMILES string of the molecule is CNC(=O)c1ncn2c(C(C)C)cc(-c3cccc4cc(-c5ccc(C(=O)OC)nc5)ncc34)cc12. The van der Waals surface area contributed by atoms with E-state index in [1.807, 2.05) is 34.9 Å². The average Bonchev–Trinajstić information content (AvgIpc) is 3.35. The first-order valence-electron chi connectivity index (χ1n) is 11.6. The summed E-state index contributed by atoms with van der Waals surface area (Å²) in [6, 6.07) is 15.7. The van der Waals surface area contributed by atoms with Gasteiger partial charge in [0.15, 0.2) is 5.69 Å². The van der Waals surface area contributed by atoms with E-state index in [1.165, 1.54) is 7.11 Å². The summed E-state index contributed by atoms with van der Waals surface area (Å²) in [5.41, 5.74) is 6.01. The van der Waals surface area contributed by atoms with Crippen LogP contribution >= 0.6 is 0 Å². The predicted molar refractivity (Wildman–Crippen MR) is 138 cm³/mol. The van der Waals surface area contributed by atoms with Gasteiger partial charge in [-0.15, -0.1) is 0 Å². The summed E-state index contributed by atoms with van der Waals surface area (Å²) in [6.45, 7) is 4.24. The maximum Gasteiger partial charge on any atom is 0.356 e. The Labute approximate surface area is 208 Å². The third-order valence-electron chi connectivity index (χ3n) is 6.24. The van der Waals surface area contributed by atoms with Crippen molar-refractivity contribution in [3.05, 3.63) is 84.3 Å². The number of carbonyl (C=O) groups excluding carboxylic acids is 2. The lowest BCUT2D eigenvalue weighted by Gasteiger charge is -2.14. The van der Waals surface area contributed by atoms with Crippen molar-refractivity contribution in [3.63, 3.8) is 0 Å². The monoisotopic (exact) mass is 479 g/mol. The molecule has 0 bridgehead atoms. The fraction of sp³-hybridized carbons (Fsp3) is 0.179. The zero-order valence-electron chi connectivity index (χ0n) is 20.4. The van der Waals surface area contributed by atoms with Gasteiger partial charge >= 0.3 is 5.97 Å². The molecule has 180 valence electrons. The molecule has 0 saturated carbocycles. The van der Waals surface area contributed by atoms with Crippen molar-refractivity contribution >= 4 is 28.2 Å². The highest BCUT2D eigenvalue weighted by molar-refractivity contribution is 6.01. The molecule has 8 heteroatoms. The molecular weight excluding hydrogens is 454 g/mol. The minimum atomic E-state index is -0.479. The van der Waals surface area contributed by atoms with Gasteiger partial charge in [-0.1, -0.05) is 32.0 Å². The molecule has 1 aromatic carbocycles. The lowest BCUT2D eigenvalue weighted by molar-refractivity contribution is 0.0594. The van der Waals surface area contributed by atoms with Gasteiger partial charge in [0.1, 0.15) is 12.0 Å². The van der Waals surface area contributed by atoms with Crippen molar-refractivity contribution in [3.8, 4) is 22.4 Å². The Bertz CT molecular complexity index is 1620. The molecule has 0 fully saturated rings. The number of hydrogen-bond acceptors (Lipinski definition) is 6. The summed E-state index contributed by atoms with van der Waals surface area (Å²) in [4.78, 5) is 37.4. The van der Waals surface area contributed by atoms with Gasteiger partial charge in [0.05, 0.1) is 18.3 Å². The van der Waals surface area contributed by atoms with Crippen LogP contribution < -0.4 is 5.32 Å². The maximum absolute atomic E-state index is 12.4. The van der Waals surface area contributed by atoms with Crippen LogP contribution in [0.3, 0.4) is 0 Å². The van der Waals surface area contributed by atoms with Crippen LogP contribution in [0.15, 0.2) is 67.3 Å². The van der Waals surface area contributed by atoms with Crippen LogP contribution in [0.25, 0.3) is 38.7 Å². The largest absolute Gasteiger partial charge is 0.464 e. The summed E-state index contributed by atoms with van der Waals surface area (Å²) in [5, 5.41) is 4.68. The van der Waals surface area contributed by atoms with Crippen LogP contribution in [-0.4, -0.2) is 45.4 Å².